The highest BCUT2D eigenvalue weighted by molar-refractivity contribution is 8.93. The Balaban J connectivity index is 0.00000198. The van der Waals surface area contributed by atoms with Gasteiger partial charge in [0.2, 0.25) is 16.6 Å². The Kier molecular flexibility index (Phi) is 16.3. The SMILES string of the molecule is Br.[Br-].[Br-].c1ccc2c(c1)c[n+](CCN1CCCN(CC[n+]3cc4ccccc4c4ccccc43)CCCN(CC[n+]3cc4ccccc4c4ccccc43)CCC1)c1ccccc21. The number of nitrogens with zero attached hydrogens (tertiary/aromatic N) is 6. The van der Waals surface area contributed by atoms with Gasteiger partial charge in [0, 0.05) is 50.5 Å². The summed E-state index contributed by atoms with van der Waals surface area (Å²) in [6.07, 6.45) is 10.7. The van der Waals surface area contributed by atoms with Gasteiger partial charge in [-0.25, -0.2) is 0 Å². The second-order valence-electron chi connectivity index (χ2n) is 16.9. The van der Waals surface area contributed by atoms with Gasteiger partial charge in [0.05, 0.1) is 35.8 Å². The maximum Gasteiger partial charge on any atom is 0.213 e. The van der Waals surface area contributed by atoms with Gasteiger partial charge in [-0.2, -0.15) is 13.7 Å². The Labute approximate surface area is 403 Å². The normalized spacial score (nSPS) is 14.9. The largest absolute Gasteiger partial charge is 1.00 e. The lowest BCUT2D eigenvalue weighted by Gasteiger charge is -2.29. The van der Waals surface area contributed by atoms with Crippen molar-refractivity contribution >= 4 is 82.0 Å². The Morgan fingerprint density at radius 2 is 0.556 bits per heavy atom. The molecule has 1 aliphatic heterocycles. The average molecular weight is 1030 g/mol. The van der Waals surface area contributed by atoms with Gasteiger partial charge in [-0.1, -0.05) is 91.0 Å². The minimum atomic E-state index is 0. The molecule has 0 radical (unpaired) electrons. The number of para-hydroxylation sites is 3. The minimum absolute atomic E-state index is 0. The van der Waals surface area contributed by atoms with Crippen LogP contribution in [-0.4, -0.2) is 73.6 Å². The summed E-state index contributed by atoms with van der Waals surface area (Å²) in [7, 11) is 0. The molecule has 324 valence electrons. The van der Waals surface area contributed by atoms with Crippen LogP contribution >= 0.6 is 17.0 Å². The van der Waals surface area contributed by atoms with Crippen molar-refractivity contribution in [3.8, 4) is 0 Å². The minimum Gasteiger partial charge on any atom is -1.00 e. The van der Waals surface area contributed by atoms with Crippen molar-refractivity contribution < 1.29 is 47.7 Å². The lowest BCUT2D eigenvalue weighted by molar-refractivity contribution is -0.669. The molecular weight excluding hydrogens is 972 g/mol. The Morgan fingerprint density at radius 1 is 0.317 bits per heavy atom. The van der Waals surface area contributed by atoms with Crippen LogP contribution in [0, 0.1) is 0 Å². The number of hydrogen-bond acceptors (Lipinski definition) is 3. The summed E-state index contributed by atoms with van der Waals surface area (Å²) < 4.78 is 7.51. The molecule has 6 nitrogen and oxygen atoms in total. The number of hydrogen-bond donors (Lipinski definition) is 0. The molecule has 1 fully saturated rings. The molecular formula is C54H58Br3N6+. The Morgan fingerprint density at radius 3 is 0.841 bits per heavy atom. The molecule has 9 aromatic rings. The molecule has 0 spiro atoms. The lowest BCUT2D eigenvalue weighted by atomic mass is 10.1. The first-order chi connectivity index (χ1) is 29.7. The quantitative estimate of drug-likeness (QED) is 0.163. The third-order valence-corrected chi connectivity index (χ3v) is 13.1. The zero-order valence-electron chi connectivity index (χ0n) is 36.0. The molecule has 1 aliphatic rings. The summed E-state index contributed by atoms with van der Waals surface area (Å²) in [5.41, 5.74) is 3.96. The van der Waals surface area contributed by atoms with Crippen LogP contribution < -0.4 is 47.7 Å². The summed E-state index contributed by atoms with van der Waals surface area (Å²) >= 11 is 0. The number of pyridine rings is 3. The van der Waals surface area contributed by atoms with E-state index in [1.54, 1.807) is 0 Å². The van der Waals surface area contributed by atoms with Gasteiger partial charge in [0.1, 0.15) is 0 Å². The lowest BCUT2D eigenvalue weighted by Crippen LogP contribution is -3.00. The summed E-state index contributed by atoms with van der Waals surface area (Å²) in [5, 5.41) is 11.9. The summed E-state index contributed by atoms with van der Waals surface area (Å²) in [5.74, 6) is 0. The fourth-order valence-corrected chi connectivity index (χ4v) is 9.99. The Hall–Kier alpha value is -4.35. The summed E-state index contributed by atoms with van der Waals surface area (Å²) in [4.78, 5) is 8.27. The molecule has 0 bridgehead atoms. The molecule has 0 saturated carbocycles. The van der Waals surface area contributed by atoms with Crippen molar-refractivity contribution in [1.82, 2.24) is 14.7 Å². The molecule has 10 rings (SSSR count). The van der Waals surface area contributed by atoms with E-state index in [1.165, 1.54) is 84.3 Å². The van der Waals surface area contributed by atoms with E-state index in [1.807, 2.05) is 0 Å². The highest BCUT2D eigenvalue weighted by Crippen LogP contribution is 2.25. The topological polar surface area (TPSA) is 21.4 Å². The van der Waals surface area contributed by atoms with Crippen molar-refractivity contribution in [3.63, 3.8) is 0 Å². The zero-order valence-corrected chi connectivity index (χ0v) is 40.9. The molecule has 0 unspecified atom stereocenters. The highest BCUT2D eigenvalue weighted by atomic mass is 79.9. The number of halogens is 3. The fraction of sp³-hybridized carbons (Fsp3) is 0.278. The van der Waals surface area contributed by atoms with E-state index >= 15 is 0 Å². The smallest absolute Gasteiger partial charge is 0.213 e. The molecule has 6 aromatic carbocycles. The molecule has 3 aromatic heterocycles. The van der Waals surface area contributed by atoms with E-state index in [0.29, 0.717) is 0 Å². The monoisotopic (exact) mass is 1030 g/mol. The van der Waals surface area contributed by atoms with E-state index in [-0.39, 0.29) is 50.9 Å². The molecule has 0 N–H and O–H groups in total. The zero-order chi connectivity index (χ0) is 40.1. The van der Waals surface area contributed by atoms with Crippen LogP contribution in [0.4, 0.5) is 0 Å². The van der Waals surface area contributed by atoms with Crippen LogP contribution in [-0.2, 0) is 19.6 Å². The first-order valence-electron chi connectivity index (χ1n) is 22.3. The van der Waals surface area contributed by atoms with E-state index < -0.39 is 0 Å². The van der Waals surface area contributed by atoms with Crippen molar-refractivity contribution in [2.45, 2.75) is 38.9 Å². The Bertz CT molecular complexity index is 2610. The molecule has 9 heteroatoms. The number of benzene rings is 6. The van der Waals surface area contributed by atoms with Gasteiger partial charge in [-0.15, -0.1) is 17.0 Å². The maximum atomic E-state index is 2.76. The van der Waals surface area contributed by atoms with Crippen LogP contribution in [0.1, 0.15) is 19.3 Å². The second kappa shape index (κ2) is 22.0. The van der Waals surface area contributed by atoms with Gasteiger partial charge in [0.25, 0.3) is 0 Å². The first-order valence-corrected chi connectivity index (χ1v) is 22.3. The summed E-state index contributed by atoms with van der Waals surface area (Å²) in [6, 6.07) is 53.3. The predicted octanol–water partition coefficient (Wildman–Crippen LogP) is 3.54. The van der Waals surface area contributed by atoms with E-state index in [2.05, 4.69) is 193 Å². The number of rotatable bonds is 9. The van der Waals surface area contributed by atoms with Gasteiger partial charge in [0.15, 0.2) is 38.2 Å². The van der Waals surface area contributed by atoms with Crippen molar-refractivity contribution in [2.24, 2.45) is 0 Å². The molecule has 0 aliphatic carbocycles. The van der Waals surface area contributed by atoms with Gasteiger partial charge >= 0.3 is 0 Å². The molecule has 4 heterocycles. The molecule has 63 heavy (non-hydrogen) atoms. The third kappa shape index (κ3) is 10.5. The standard InChI is InChI=1S/C54H57N6.3BrH/c1-4-19-46-43(16-1)40-58(52-25-10-7-22-49(46)52)37-34-55-28-13-30-56(35-38-59-41-44-17-2-5-20-47(44)50-23-8-11-26-53(50)59)32-15-33-57(31-14-29-55)36-39-60-42-45-18-3-6-21-48(45)51-24-9-12-27-54(51)60;;;/h1-12,16-27,40-42H,13-15,28-39H2;3*1H/q+3;;;/p-2. The summed E-state index contributed by atoms with van der Waals surface area (Å²) in [6.45, 7) is 12.8. The highest BCUT2D eigenvalue weighted by Gasteiger charge is 2.20. The van der Waals surface area contributed by atoms with Crippen LogP contribution in [0.2, 0.25) is 0 Å². The predicted molar refractivity (Wildman–Crippen MR) is 258 cm³/mol. The van der Waals surface area contributed by atoms with E-state index in [4.69, 9.17) is 0 Å². The molecule has 0 atom stereocenters. The first kappa shape index (κ1) is 46.6. The maximum absolute atomic E-state index is 2.76. The van der Waals surface area contributed by atoms with Crippen LogP contribution in [0.3, 0.4) is 0 Å². The van der Waals surface area contributed by atoms with Crippen molar-refractivity contribution in [3.05, 3.63) is 164 Å². The fourth-order valence-electron chi connectivity index (χ4n) is 9.99. The molecule has 1 saturated heterocycles. The number of aromatic nitrogens is 3. The van der Waals surface area contributed by atoms with Crippen LogP contribution in [0.15, 0.2) is 164 Å². The van der Waals surface area contributed by atoms with E-state index in [9.17, 15) is 0 Å². The third-order valence-electron chi connectivity index (χ3n) is 13.1. The van der Waals surface area contributed by atoms with E-state index in [0.717, 1.165) is 78.5 Å². The molecule has 0 amide bonds. The van der Waals surface area contributed by atoms with Crippen LogP contribution in [0.25, 0.3) is 65.0 Å². The van der Waals surface area contributed by atoms with Crippen LogP contribution in [0.5, 0.6) is 0 Å². The van der Waals surface area contributed by atoms with Gasteiger partial charge < -0.3 is 34.0 Å². The second-order valence-corrected chi connectivity index (χ2v) is 16.9. The van der Waals surface area contributed by atoms with Gasteiger partial charge in [-0.3, -0.25) is 14.7 Å². The average Bonchev–Trinajstić information content (AvgIpc) is 3.30. The number of fused-ring (bicyclic) bond motifs is 9. The van der Waals surface area contributed by atoms with Gasteiger partial charge in [-0.05, 0) is 94.9 Å². The van der Waals surface area contributed by atoms with Crippen molar-refractivity contribution in [1.29, 1.82) is 0 Å². The van der Waals surface area contributed by atoms with Crippen molar-refractivity contribution in [2.75, 3.05) is 58.9 Å².